The highest BCUT2D eigenvalue weighted by Crippen LogP contribution is 2.30. The molecule has 14 heavy (non-hydrogen) atoms. The number of hydrogen-bond acceptors (Lipinski definition) is 2. The van der Waals surface area contributed by atoms with Crippen LogP contribution in [0, 0.1) is 6.92 Å². The number of nitrogens with one attached hydrogen (secondary N) is 1. The molecule has 4 heteroatoms. The lowest BCUT2D eigenvalue weighted by Gasteiger charge is -2.15. The van der Waals surface area contributed by atoms with Crippen molar-refractivity contribution < 1.29 is 14.0 Å². The third kappa shape index (κ3) is 2.49. The summed E-state index contributed by atoms with van der Waals surface area (Å²) in [5.41, 5.74) is 3.15. The van der Waals surface area contributed by atoms with E-state index in [4.69, 9.17) is 5.21 Å². The number of halogens is 2. The zero-order valence-corrected chi connectivity index (χ0v) is 8.14. The molecule has 1 rings (SSSR count). The monoisotopic (exact) mass is 201 g/mol. The largest absolute Gasteiger partial charge is 0.316 e. The minimum Gasteiger partial charge on any atom is -0.316 e. The van der Waals surface area contributed by atoms with Gasteiger partial charge in [0.05, 0.1) is 0 Å². The minimum absolute atomic E-state index is 0.0282. The van der Waals surface area contributed by atoms with Gasteiger partial charge in [-0.2, -0.15) is 0 Å². The topological polar surface area (TPSA) is 32.3 Å². The molecular weight excluding hydrogens is 188 g/mol. The van der Waals surface area contributed by atoms with Gasteiger partial charge in [-0.3, -0.25) is 0 Å². The van der Waals surface area contributed by atoms with Gasteiger partial charge in [-0.1, -0.05) is 23.8 Å². The van der Waals surface area contributed by atoms with Gasteiger partial charge < -0.3 is 5.21 Å². The highest BCUT2D eigenvalue weighted by Gasteiger charge is 2.26. The van der Waals surface area contributed by atoms with E-state index in [0.717, 1.165) is 12.5 Å². The van der Waals surface area contributed by atoms with Crippen LogP contribution >= 0.6 is 0 Å². The van der Waals surface area contributed by atoms with E-state index < -0.39 is 5.92 Å². The van der Waals surface area contributed by atoms with Crippen LogP contribution in [0.4, 0.5) is 8.78 Å². The Labute approximate surface area is 81.5 Å². The van der Waals surface area contributed by atoms with Crippen LogP contribution in [0.3, 0.4) is 0 Å². The third-order valence-electron chi connectivity index (χ3n) is 2.00. The van der Waals surface area contributed by atoms with Gasteiger partial charge in [-0.05, 0) is 12.5 Å². The number of rotatable bonds is 3. The van der Waals surface area contributed by atoms with E-state index in [1.54, 1.807) is 12.1 Å². The van der Waals surface area contributed by atoms with E-state index in [2.05, 4.69) is 0 Å². The van der Waals surface area contributed by atoms with Crippen molar-refractivity contribution in [3.05, 3.63) is 34.9 Å². The summed E-state index contributed by atoms with van der Waals surface area (Å²) in [4.78, 5) is 0. The van der Waals surface area contributed by atoms with Gasteiger partial charge in [-0.25, -0.2) is 14.3 Å². The predicted molar refractivity (Wildman–Crippen MR) is 49.4 cm³/mol. The van der Waals surface area contributed by atoms with Crippen LogP contribution in [-0.4, -0.2) is 5.21 Å². The molecule has 0 atom stereocenters. The van der Waals surface area contributed by atoms with Crippen LogP contribution in [-0.2, 0) is 12.5 Å². The Morgan fingerprint density at radius 2 is 2.07 bits per heavy atom. The molecule has 0 aliphatic heterocycles. The normalized spacial score (nSPS) is 11.8. The molecule has 1 aromatic rings. The first kappa shape index (κ1) is 11.1. The lowest BCUT2D eigenvalue weighted by Crippen LogP contribution is -2.15. The summed E-state index contributed by atoms with van der Waals surface area (Å²) in [5, 5.41) is 8.51. The van der Waals surface area contributed by atoms with E-state index in [-0.39, 0.29) is 12.1 Å². The van der Waals surface area contributed by atoms with Crippen molar-refractivity contribution in [1.29, 1.82) is 0 Å². The molecule has 0 saturated carbocycles. The maximum Gasteiger partial charge on any atom is 0.270 e. The van der Waals surface area contributed by atoms with Crippen molar-refractivity contribution in [3.8, 4) is 0 Å². The number of hydrogen-bond donors (Lipinski definition) is 2. The molecule has 0 unspecified atom stereocenters. The molecule has 0 amide bonds. The Morgan fingerprint density at radius 3 is 2.57 bits per heavy atom. The molecule has 0 fully saturated rings. The van der Waals surface area contributed by atoms with Crippen molar-refractivity contribution in [1.82, 2.24) is 5.48 Å². The van der Waals surface area contributed by atoms with E-state index >= 15 is 0 Å². The molecular formula is C10H13F2NO. The Balaban J connectivity index is 3.15. The van der Waals surface area contributed by atoms with Crippen molar-refractivity contribution in [3.63, 3.8) is 0 Å². The molecule has 2 N–H and O–H groups in total. The Bertz CT molecular complexity index is 320. The van der Waals surface area contributed by atoms with Crippen molar-refractivity contribution in [2.75, 3.05) is 0 Å². The molecule has 0 radical (unpaired) electrons. The van der Waals surface area contributed by atoms with Gasteiger partial charge in [-0.15, -0.1) is 0 Å². The Morgan fingerprint density at radius 1 is 1.43 bits per heavy atom. The van der Waals surface area contributed by atoms with Crippen molar-refractivity contribution in [2.45, 2.75) is 26.3 Å². The first-order valence-electron chi connectivity index (χ1n) is 4.30. The predicted octanol–water partition coefficient (Wildman–Crippen LogP) is 2.59. The number of hydroxylamine groups is 1. The SMILES string of the molecule is Cc1ccc(C(C)(F)F)c(CNO)c1. The molecule has 0 saturated heterocycles. The molecule has 0 aliphatic carbocycles. The van der Waals surface area contributed by atoms with Gasteiger partial charge in [0.1, 0.15) is 0 Å². The van der Waals surface area contributed by atoms with E-state index in [1.807, 2.05) is 12.4 Å². The molecule has 2 nitrogen and oxygen atoms in total. The molecule has 0 heterocycles. The molecule has 0 spiro atoms. The van der Waals surface area contributed by atoms with Crippen LogP contribution in [0.15, 0.2) is 18.2 Å². The highest BCUT2D eigenvalue weighted by molar-refractivity contribution is 5.34. The molecule has 0 bridgehead atoms. The summed E-state index contributed by atoms with van der Waals surface area (Å²) in [6.45, 7) is 2.69. The van der Waals surface area contributed by atoms with Crippen molar-refractivity contribution in [2.24, 2.45) is 0 Å². The lowest BCUT2D eigenvalue weighted by molar-refractivity contribution is 0.0158. The molecule has 0 aromatic heterocycles. The van der Waals surface area contributed by atoms with Gasteiger partial charge >= 0.3 is 0 Å². The van der Waals surface area contributed by atoms with E-state index in [9.17, 15) is 8.78 Å². The average molecular weight is 201 g/mol. The van der Waals surface area contributed by atoms with Crippen molar-refractivity contribution >= 4 is 0 Å². The first-order chi connectivity index (χ1) is 6.45. The second-order valence-electron chi connectivity index (χ2n) is 3.38. The molecule has 1 aromatic carbocycles. The number of benzene rings is 1. The van der Waals surface area contributed by atoms with E-state index in [1.165, 1.54) is 6.07 Å². The fourth-order valence-corrected chi connectivity index (χ4v) is 1.38. The lowest BCUT2D eigenvalue weighted by atomic mass is 10.0. The summed E-state index contributed by atoms with van der Waals surface area (Å²) >= 11 is 0. The smallest absolute Gasteiger partial charge is 0.270 e. The van der Waals surface area contributed by atoms with Gasteiger partial charge in [0.15, 0.2) is 0 Å². The quantitative estimate of drug-likeness (QED) is 0.737. The summed E-state index contributed by atoms with van der Waals surface area (Å²) < 4.78 is 26.1. The molecule has 78 valence electrons. The second kappa shape index (κ2) is 4.02. The Hall–Kier alpha value is -1.00. The summed E-state index contributed by atoms with van der Waals surface area (Å²) in [5.74, 6) is -2.88. The van der Waals surface area contributed by atoms with Crippen LogP contribution in [0.25, 0.3) is 0 Å². The van der Waals surface area contributed by atoms with Crippen LogP contribution < -0.4 is 5.48 Å². The minimum atomic E-state index is -2.88. The highest BCUT2D eigenvalue weighted by atomic mass is 19.3. The van der Waals surface area contributed by atoms with Gasteiger partial charge in [0.2, 0.25) is 0 Å². The number of aryl methyl sites for hydroxylation is 1. The van der Waals surface area contributed by atoms with Crippen LogP contribution in [0.1, 0.15) is 23.6 Å². The van der Waals surface area contributed by atoms with E-state index in [0.29, 0.717) is 5.56 Å². The summed E-state index contributed by atoms with van der Waals surface area (Å²) in [6.07, 6.45) is 0. The second-order valence-corrected chi connectivity index (χ2v) is 3.38. The maximum absolute atomic E-state index is 13.1. The average Bonchev–Trinajstić information content (AvgIpc) is 2.02. The summed E-state index contributed by atoms with van der Waals surface area (Å²) in [6, 6.07) is 4.66. The first-order valence-corrected chi connectivity index (χ1v) is 4.30. The third-order valence-corrected chi connectivity index (χ3v) is 2.00. The summed E-state index contributed by atoms with van der Waals surface area (Å²) in [7, 11) is 0. The number of alkyl halides is 2. The van der Waals surface area contributed by atoms with Crippen LogP contribution in [0.2, 0.25) is 0 Å². The zero-order chi connectivity index (χ0) is 10.8. The van der Waals surface area contributed by atoms with Gasteiger partial charge in [0, 0.05) is 19.0 Å². The van der Waals surface area contributed by atoms with Crippen LogP contribution in [0.5, 0.6) is 0 Å². The molecule has 0 aliphatic rings. The zero-order valence-electron chi connectivity index (χ0n) is 8.14. The maximum atomic E-state index is 13.1. The fourth-order valence-electron chi connectivity index (χ4n) is 1.38. The van der Waals surface area contributed by atoms with Gasteiger partial charge in [0.25, 0.3) is 5.92 Å². The Kier molecular flexibility index (Phi) is 3.18. The standard InChI is InChI=1S/C10H13F2NO/c1-7-3-4-9(10(2,11)12)8(5-7)6-13-14/h3-5,13-14H,6H2,1-2H3. The fraction of sp³-hybridized carbons (Fsp3) is 0.400.